The van der Waals surface area contributed by atoms with Crippen LogP contribution in [-0.4, -0.2) is 17.1 Å². The van der Waals surface area contributed by atoms with E-state index in [-0.39, 0.29) is 11.7 Å². The van der Waals surface area contributed by atoms with Crippen LogP contribution < -0.4 is 5.32 Å². The maximum Gasteiger partial charge on any atom is 0.251 e. The smallest absolute Gasteiger partial charge is 0.251 e. The van der Waals surface area contributed by atoms with E-state index in [2.05, 4.69) is 12.2 Å². The second kappa shape index (κ2) is 6.09. The van der Waals surface area contributed by atoms with Gasteiger partial charge in [-0.25, -0.2) is 0 Å². The molecule has 0 atom stereocenters. The number of carbonyl (C=O) groups excluding carboxylic acids is 1. The van der Waals surface area contributed by atoms with Crippen molar-refractivity contribution < 1.29 is 9.90 Å². The summed E-state index contributed by atoms with van der Waals surface area (Å²) in [5, 5.41) is 12.7. The molecular weight excluding hydrogens is 238 g/mol. The Morgan fingerprint density at radius 1 is 1.32 bits per heavy atom. The number of nitrogens with one attached hydrogen (secondary N) is 1. The Balaban J connectivity index is 1.92. The number of hydrogen-bond donors (Lipinski definition) is 2. The molecule has 1 saturated carbocycles. The van der Waals surface area contributed by atoms with Crippen LogP contribution in [0.5, 0.6) is 5.75 Å². The van der Waals surface area contributed by atoms with Gasteiger partial charge in [-0.05, 0) is 56.2 Å². The van der Waals surface area contributed by atoms with Gasteiger partial charge in [-0.2, -0.15) is 0 Å². The third-order valence-electron chi connectivity index (χ3n) is 4.23. The number of rotatable bonds is 3. The predicted molar refractivity (Wildman–Crippen MR) is 76.3 cm³/mol. The first-order valence-electron chi connectivity index (χ1n) is 7.20. The second-order valence-corrected chi connectivity index (χ2v) is 5.60. The van der Waals surface area contributed by atoms with Crippen molar-refractivity contribution in [3.05, 3.63) is 29.3 Å². The van der Waals surface area contributed by atoms with Crippen molar-refractivity contribution in [1.29, 1.82) is 0 Å². The molecule has 0 bridgehead atoms. The van der Waals surface area contributed by atoms with E-state index in [1.807, 2.05) is 6.92 Å². The number of aromatic hydroxyl groups is 1. The summed E-state index contributed by atoms with van der Waals surface area (Å²) in [5.74, 6) is 0.939. The Morgan fingerprint density at radius 3 is 2.58 bits per heavy atom. The third-order valence-corrected chi connectivity index (χ3v) is 4.23. The Morgan fingerprint density at radius 2 is 2.00 bits per heavy atom. The molecule has 1 amide bonds. The number of amides is 1. The molecule has 1 aromatic rings. The highest BCUT2D eigenvalue weighted by molar-refractivity contribution is 5.94. The zero-order valence-corrected chi connectivity index (χ0v) is 11.8. The fourth-order valence-corrected chi connectivity index (χ4v) is 2.73. The van der Waals surface area contributed by atoms with Crippen LogP contribution in [-0.2, 0) is 0 Å². The van der Waals surface area contributed by atoms with Crippen LogP contribution in [0.3, 0.4) is 0 Å². The monoisotopic (exact) mass is 261 g/mol. The molecule has 1 aromatic carbocycles. The summed E-state index contributed by atoms with van der Waals surface area (Å²) < 4.78 is 0. The van der Waals surface area contributed by atoms with Crippen LogP contribution in [0.4, 0.5) is 0 Å². The molecule has 0 aromatic heterocycles. The lowest BCUT2D eigenvalue weighted by molar-refractivity contribution is 0.0921. The number of carbonyl (C=O) groups is 1. The van der Waals surface area contributed by atoms with Crippen LogP contribution in [0.25, 0.3) is 0 Å². The summed E-state index contributed by atoms with van der Waals surface area (Å²) in [6, 6.07) is 5.38. The normalized spacial score (nSPS) is 23.1. The quantitative estimate of drug-likeness (QED) is 0.876. The third kappa shape index (κ3) is 3.49. The molecule has 3 heteroatoms. The van der Waals surface area contributed by atoms with Crippen LogP contribution in [0.2, 0.25) is 0 Å². The molecule has 0 saturated heterocycles. The molecule has 0 spiro atoms. The maximum atomic E-state index is 12.1. The van der Waals surface area contributed by atoms with E-state index < -0.39 is 0 Å². The second-order valence-electron chi connectivity index (χ2n) is 5.60. The van der Waals surface area contributed by atoms with Gasteiger partial charge in [-0.1, -0.05) is 19.4 Å². The van der Waals surface area contributed by atoms with Gasteiger partial charge in [0.2, 0.25) is 0 Å². The Labute approximate surface area is 115 Å². The van der Waals surface area contributed by atoms with Gasteiger partial charge in [0.05, 0.1) is 0 Å². The van der Waals surface area contributed by atoms with E-state index in [1.165, 1.54) is 19.3 Å². The highest BCUT2D eigenvalue weighted by Crippen LogP contribution is 2.26. The lowest BCUT2D eigenvalue weighted by atomic mass is 9.84. The summed E-state index contributed by atoms with van der Waals surface area (Å²) >= 11 is 0. The molecule has 0 heterocycles. The summed E-state index contributed by atoms with van der Waals surface area (Å²) in [6.07, 6.45) is 5.80. The maximum absolute atomic E-state index is 12.1. The molecular formula is C16H23NO2. The van der Waals surface area contributed by atoms with Crippen molar-refractivity contribution in [2.24, 2.45) is 5.92 Å². The number of benzene rings is 1. The van der Waals surface area contributed by atoms with Crippen LogP contribution >= 0.6 is 0 Å². The van der Waals surface area contributed by atoms with E-state index in [0.29, 0.717) is 11.6 Å². The van der Waals surface area contributed by atoms with Crippen LogP contribution in [0.15, 0.2) is 18.2 Å². The molecule has 0 radical (unpaired) electrons. The van der Waals surface area contributed by atoms with Crippen molar-refractivity contribution in [3.8, 4) is 5.75 Å². The minimum Gasteiger partial charge on any atom is -0.508 e. The lowest BCUT2D eigenvalue weighted by Crippen LogP contribution is -2.37. The van der Waals surface area contributed by atoms with Crippen molar-refractivity contribution in [1.82, 2.24) is 5.32 Å². The van der Waals surface area contributed by atoms with Crippen molar-refractivity contribution in [3.63, 3.8) is 0 Å². The Bertz CT molecular complexity index is 448. The molecule has 2 rings (SSSR count). The van der Waals surface area contributed by atoms with Crippen molar-refractivity contribution >= 4 is 5.91 Å². The molecule has 0 aliphatic heterocycles. The van der Waals surface area contributed by atoms with E-state index in [1.54, 1.807) is 18.2 Å². The summed E-state index contributed by atoms with van der Waals surface area (Å²) in [7, 11) is 0. The summed E-state index contributed by atoms with van der Waals surface area (Å²) in [6.45, 7) is 4.06. The van der Waals surface area contributed by atoms with Gasteiger partial charge in [0.25, 0.3) is 5.91 Å². The van der Waals surface area contributed by atoms with E-state index >= 15 is 0 Å². The number of phenols is 1. The topological polar surface area (TPSA) is 49.3 Å². The minimum absolute atomic E-state index is 0.0738. The van der Waals surface area contributed by atoms with Gasteiger partial charge < -0.3 is 10.4 Å². The van der Waals surface area contributed by atoms with Gasteiger partial charge in [-0.15, -0.1) is 0 Å². The number of aryl methyl sites for hydroxylation is 1. The summed E-state index contributed by atoms with van der Waals surface area (Å²) in [4.78, 5) is 12.1. The van der Waals surface area contributed by atoms with Gasteiger partial charge in [0.15, 0.2) is 0 Å². The zero-order chi connectivity index (χ0) is 13.8. The molecule has 19 heavy (non-hydrogen) atoms. The fourth-order valence-electron chi connectivity index (χ4n) is 2.73. The molecule has 1 aliphatic carbocycles. The molecule has 2 N–H and O–H groups in total. The Hall–Kier alpha value is -1.51. The largest absolute Gasteiger partial charge is 0.508 e. The number of hydrogen-bond acceptors (Lipinski definition) is 2. The molecule has 3 nitrogen and oxygen atoms in total. The zero-order valence-electron chi connectivity index (χ0n) is 11.8. The highest BCUT2D eigenvalue weighted by Gasteiger charge is 2.21. The molecule has 0 unspecified atom stereocenters. The average Bonchev–Trinajstić information content (AvgIpc) is 2.42. The number of phenolic OH excluding ortho intramolecular Hbond substituents is 1. The molecule has 1 aliphatic rings. The standard InChI is InChI=1S/C16H23NO2/c1-3-12-5-8-14(9-6-12)17-16(19)13-7-4-11(2)15(18)10-13/h4,7,10,12,14,18H,3,5-6,8-9H2,1-2H3,(H,17,19). The van der Waals surface area contributed by atoms with E-state index in [4.69, 9.17) is 0 Å². The first kappa shape index (κ1) is 13.9. The Kier molecular flexibility index (Phi) is 4.46. The van der Waals surface area contributed by atoms with Crippen LogP contribution in [0.1, 0.15) is 54.9 Å². The van der Waals surface area contributed by atoms with Crippen molar-refractivity contribution in [2.75, 3.05) is 0 Å². The fraction of sp³-hybridized carbons (Fsp3) is 0.562. The first-order chi connectivity index (χ1) is 9.10. The van der Waals surface area contributed by atoms with Gasteiger partial charge in [-0.3, -0.25) is 4.79 Å². The van der Waals surface area contributed by atoms with Crippen LogP contribution in [0, 0.1) is 12.8 Å². The molecule has 104 valence electrons. The van der Waals surface area contributed by atoms with Gasteiger partial charge in [0.1, 0.15) is 5.75 Å². The first-order valence-corrected chi connectivity index (χ1v) is 7.20. The average molecular weight is 261 g/mol. The van der Waals surface area contributed by atoms with E-state index in [9.17, 15) is 9.90 Å². The van der Waals surface area contributed by atoms with E-state index in [0.717, 1.165) is 24.3 Å². The predicted octanol–water partition coefficient (Wildman–Crippen LogP) is 3.40. The van der Waals surface area contributed by atoms with Gasteiger partial charge in [0, 0.05) is 11.6 Å². The van der Waals surface area contributed by atoms with Crippen molar-refractivity contribution in [2.45, 2.75) is 52.0 Å². The molecule has 1 fully saturated rings. The summed E-state index contributed by atoms with van der Waals surface area (Å²) in [5.41, 5.74) is 1.33. The highest BCUT2D eigenvalue weighted by atomic mass is 16.3. The van der Waals surface area contributed by atoms with Gasteiger partial charge >= 0.3 is 0 Å². The SMILES string of the molecule is CCC1CCC(NC(=O)c2ccc(C)c(O)c2)CC1. The minimum atomic E-state index is -0.0738. The lowest BCUT2D eigenvalue weighted by Gasteiger charge is -2.28.